The molecule has 1 aliphatic rings. The number of furan rings is 1. The van der Waals surface area contributed by atoms with Crippen molar-refractivity contribution in [2.24, 2.45) is 7.05 Å². The maximum absolute atomic E-state index is 6.28. The topological polar surface area (TPSA) is 34.2 Å². The number of aromatic nitrogens is 2. The standard InChI is InChI=1S/C29H30IN4O/c1-18-13-16-24-26(21-15-14-19(2)31-28(21)35-24)27(18)29(4,5)34(30)20(3)33(25-12-9-17-32(25)6)22-10-7-8-11-23(22)34/h7-17,20H,1-6H3/q+1/t20-,34?/m1/s1. The van der Waals surface area contributed by atoms with Crippen LogP contribution in [0.4, 0.5) is 17.2 Å². The van der Waals surface area contributed by atoms with Crippen LogP contribution in [0.5, 0.6) is 0 Å². The largest absolute Gasteiger partial charge is 0.438 e. The van der Waals surface area contributed by atoms with Crippen LogP contribution in [-0.4, -0.2) is 15.7 Å². The first-order chi connectivity index (χ1) is 16.7. The van der Waals surface area contributed by atoms with Gasteiger partial charge in [0.05, 0.1) is 0 Å². The van der Waals surface area contributed by atoms with Crippen molar-refractivity contribution in [3.63, 3.8) is 0 Å². The second-order valence-electron chi connectivity index (χ2n) is 10.2. The van der Waals surface area contributed by atoms with Crippen LogP contribution in [0.15, 0.2) is 71.3 Å². The SMILES string of the molecule is Cc1ccc2c(n1)oc1ccc(C)c(C(C)(C)[N+]3(I)c4ccccc4N(c4cccn4C)[C@H]3C)c12. The van der Waals surface area contributed by atoms with Crippen LogP contribution in [0.3, 0.4) is 0 Å². The minimum absolute atomic E-state index is 0.157. The van der Waals surface area contributed by atoms with Crippen molar-refractivity contribution >= 4 is 62.1 Å². The lowest BCUT2D eigenvalue weighted by Gasteiger charge is -2.46. The molecule has 35 heavy (non-hydrogen) atoms. The summed E-state index contributed by atoms with van der Waals surface area (Å²) in [5, 5.41) is 2.26. The van der Waals surface area contributed by atoms with Gasteiger partial charge < -0.3 is 8.98 Å². The average Bonchev–Trinajstić information content (AvgIpc) is 3.47. The van der Waals surface area contributed by atoms with Crippen molar-refractivity contribution in [2.45, 2.75) is 46.3 Å². The monoisotopic (exact) mass is 577 g/mol. The number of benzene rings is 2. The smallest absolute Gasteiger partial charge is 0.257 e. The molecular weight excluding hydrogens is 547 g/mol. The molecule has 5 nitrogen and oxygen atoms in total. The van der Waals surface area contributed by atoms with Gasteiger partial charge in [-0.15, -0.1) is 0 Å². The van der Waals surface area contributed by atoms with Gasteiger partial charge in [-0.25, -0.2) is 7.68 Å². The molecule has 5 aromatic rings. The van der Waals surface area contributed by atoms with Gasteiger partial charge in [0.2, 0.25) is 5.71 Å². The highest BCUT2D eigenvalue weighted by Crippen LogP contribution is 2.59. The van der Waals surface area contributed by atoms with Crippen molar-refractivity contribution < 1.29 is 4.42 Å². The molecule has 1 aliphatic heterocycles. The maximum Gasteiger partial charge on any atom is 0.257 e. The lowest BCUT2D eigenvalue weighted by atomic mass is 9.84. The van der Waals surface area contributed by atoms with Gasteiger partial charge in [0, 0.05) is 48.3 Å². The summed E-state index contributed by atoms with van der Waals surface area (Å²) in [4.78, 5) is 7.19. The van der Waals surface area contributed by atoms with E-state index in [4.69, 9.17) is 9.40 Å². The lowest BCUT2D eigenvalue weighted by molar-refractivity contribution is 0.245. The minimum Gasteiger partial charge on any atom is -0.438 e. The summed E-state index contributed by atoms with van der Waals surface area (Å²) in [6.07, 6.45) is 2.28. The maximum atomic E-state index is 6.28. The fraction of sp³-hybridized carbons (Fsp3) is 0.276. The quantitative estimate of drug-likeness (QED) is 0.161. The van der Waals surface area contributed by atoms with Crippen LogP contribution < -0.4 is 7.60 Å². The Kier molecular flexibility index (Phi) is 4.90. The number of halogens is 1. The minimum atomic E-state index is -0.290. The normalized spacial score (nSPS) is 20.2. The third kappa shape index (κ3) is 2.93. The summed E-state index contributed by atoms with van der Waals surface area (Å²) in [5.74, 6) is 1.20. The van der Waals surface area contributed by atoms with Crippen LogP contribution >= 0.6 is 22.9 Å². The number of hydrogen-bond acceptors (Lipinski definition) is 3. The second kappa shape index (κ2) is 7.58. The molecule has 0 spiro atoms. The van der Waals surface area contributed by atoms with Crippen molar-refractivity contribution in [3.8, 4) is 0 Å². The summed E-state index contributed by atoms with van der Waals surface area (Å²) in [7, 11) is 2.12. The van der Waals surface area contributed by atoms with E-state index in [0.29, 0.717) is 8.41 Å². The van der Waals surface area contributed by atoms with Crippen molar-refractivity contribution in [1.29, 1.82) is 0 Å². The summed E-state index contributed by atoms with van der Waals surface area (Å²) < 4.78 is 9.19. The number of quaternary nitrogens is 1. The van der Waals surface area contributed by atoms with E-state index >= 15 is 0 Å². The molecule has 0 amide bonds. The molecule has 0 radical (unpaired) electrons. The van der Waals surface area contributed by atoms with Gasteiger partial charge in [-0.3, -0.25) is 4.90 Å². The van der Waals surface area contributed by atoms with Crippen molar-refractivity contribution in [3.05, 3.63) is 83.7 Å². The van der Waals surface area contributed by atoms with E-state index in [2.05, 4.69) is 134 Å². The van der Waals surface area contributed by atoms with E-state index in [1.165, 1.54) is 33.7 Å². The Morgan fingerprint density at radius 3 is 2.51 bits per heavy atom. The lowest BCUT2D eigenvalue weighted by Crippen LogP contribution is -2.59. The molecule has 0 saturated heterocycles. The van der Waals surface area contributed by atoms with E-state index < -0.39 is 0 Å². The number of anilines is 2. The van der Waals surface area contributed by atoms with Gasteiger partial charge in [-0.05, 0) is 69.7 Å². The highest BCUT2D eigenvalue weighted by molar-refractivity contribution is 14.1. The number of nitrogens with zero attached hydrogens (tertiary/aromatic N) is 4. The predicted molar refractivity (Wildman–Crippen MR) is 153 cm³/mol. The summed E-state index contributed by atoms with van der Waals surface area (Å²) >= 11 is 2.70. The molecule has 3 aromatic heterocycles. The molecule has 2 atom stereocenters. The molecule has 0 fully saturated rings. The average molecular weight is 577 g/mol. The molecule has 0 aliphatic carbocycles. The highest BCUT2D eigenvalue weighted by atomic mass is 127. The number of rotatable bonds is 3. The van der Waals surface area contributed by atoms with E-state index in [0.717, 1.165) is 16.7 Å². The van der Waals surface area contributed by atoms with Crippen LogP contribution in [0.2, 0.25) is 0 Å². The van der Waals surface area contributed by atoms with E-state index in [1.54, 1.807) is 0 Å². The molecule has 4 heterocycles. The van der Waals surface area contributed by atoms with Gasteiger partial charge in [0.25, 0.3) is 22.9 Å². The zero-order chi connectivity index (χ0) is 24.7. The summed E-state index contributed by atoms with van der Waals surface area (Å²) in [5.41, 5.74) is 7.42. The Morgan fingerprint density at radius 1 is 1.00 bits per heavy atom. The number of pyridine rings is 1. The van der Waals surface area contributed by atoms with Crippen molar-refractivity contribution in [1.82, 2.24) is 12.2 Å². The van der Waals surface area contributed by atoms with Crippen LogP contribution in [0.1, 0.15) is 37.6 Å². The molecular formula is C29H30IN4O+. The molecule has 178 valence electrons. The third-order valence-electron chi connectivity index (χ3n) is 7.82. The Bertz CT molecular complexity index is 1610. The summed E-state index contributed by atoms with van der Waals surface area (Å²) in [6, 6.07) is 21.7. The van der Waals surface area contributed by atoms with Crippen LogP contribution in [0.25, 0.3) is 22.1 Å². The number of fused-ring (bicyclic) bond motifs is 4. The number of hydrogen-bond donors (Lipinski definition) is 0. The van der Waals surface area contributed by atoms with Crippen LogP contribution in [0, 0.1) is 13.8 Å². The first kappa shape index (κ1) is 22.6. The third-order valence-corrected chi connectivity index (χ3v) is 10.4. The second-order valence-corrected chi connectivity index (χ2v) is 11.7. The Balaban J connectivity index is 1.65. The Hall–Kier alpha value is -2.84. The molecule has 2 aromatic carbocycles. The molecule has 0 bridgehead atoms. The van der Waals surface area contributed by atoms with E-state index in [9.17, 15) is 0 Å². The fourth-order valence-corrected chi connectivity index (χ4v) is 7.08. The molecule has 0 N–H and O–H groups in total. The molecule has 6 heteroatoms. The molecule has 1 unspecified atom stereocenters. The van der Waals surface area contributed by atoms with Gasteiger partial charge >= 0.3 is 0 Å². The van der Waals surface area contributed by atoms with E-state index in [-0.39, 0.29) is 11.7 Å². The summed E-state index contributed by atoms with van der Waals surface area (Å²) in [6.45, 7) is 11.3. The van der Waals surface area contributed by atoms with Gasteiger partial charge in [0.15, 0.2) is 11.9 Å². The Morgan fingerprint density at radius 2 is 1.77 bits per heavy atom. The zero-order valence-corrected chi connectivity index (χ0v) is 23.2. The van der Waals surface area contributed by atoms with E-state index in [1.807, 2.05) is 6.92 Å². The van der Waals surface area contributed by atoms with Gasteiger partial charge in [-0.1, -0.05) is 18.2 Å². The number of para-hydroxylation sites is 2. The molecule has 0 saturated carbocycles. The molecule has 6 rings (SSSR count). The number of aryl methyl sites for hydroxylation is 3. The van der Waals surface area contributed by atoms with Crippen molar-refractivity contribution in [2.75, 3.05) is 4.90 Å². The van der Waals surface area contributed by atoms with Gasteiger partial charge in [0.1, 0.15) is 22.6 Å². The van der Waals surface area contributed by atoms with Crippen LogP contribution in [-0.2, 0) is 12.6 Å². The first-order valence-electron chi connectivity index (χ1n) is 12.0. The zero-order valence-electron chi connectivity index (χ0n) is 21.0. The van der Waals surface area contributed by atoms with Gasteiger partial charge in [-0.2, -0.15) is 0 Å². The predicted octanol–water partition coefficient (Wildman–Crippen LogP) is 8.03. The highest BCUT2D eigenvalue weighted by Gasteiger charge is 2.59. The Labute approximate surface area is 220 Å². The fourth-order valence-electron chi connectivity index (χ4n) is 6.19. The first-order valence-corrected chi connectivity index (χ1v) is 13.0.